The van der Waals surface area contributed by atoms with Crippen LogP contribution in [0.2, 0.25) is 0 Å². The van der Waals surface area contributed by atoms with Gasteiger partial charge in [0.1, 0.15) is 0 Å². The zero-order chi connectivity index (χ0) is 10.9. The van der Waals surface area contributed by atoms with E-state index in [2.05, 4.69) is 0 Å². The Morgan fingerprint density at radius 3 is 1.54 bits per heavy atom. The van der Waals surface area contributed by atoms with Gasteiger partial charge in [-0.05, 0) is 0 Å². The van der Waals surface area contributed by atoms with E-state index in [4.69, 9.17) is 0 Å². The van der Waals surface area contributed by atoms with Crippen LogP contribution in [0.25, 0.3) is 0 Å². The fourth-order valence-electron chi connectivity index (χ4n) is 0.792. The van der Waals surface area contributed by atoms with Crippen molar-refractivity contribution in [3.63, 3.8) is 0 Å². The molecular formula is C7H10F6. The van der Waals surface area contributed by atoms with Crippen LogP contribution in [0.5, 0.6) is 0 Å². The van der Waals surface area contributed by atoms with Crippen LogP contribution in [0, 0.1) is 0 Å². The predicted molar refractivity (Wildman–Crippen MR) is 35.4 cm³/mol. The normalized spacial score (nSPS) is 14.8. The molecule has 0 heterocycles. The van der Waals surface area contributed by atoms with Gasteiger partial charge in [-0.2, -0.15) is 26.3 Å². The molecule has 0 aliphatic rings. The first kappa shape index (κ1) is 12.6. The summed E-state index contributed by atoms with van der Waals surface area (Å²) in [6.45, 7) is 1.01. The standard InChI is InChI=1S/C7H10F6/c1-3-4-6(10,11)7(12,13)5(2,8)9/h3-4H2,1-2H3. The molecule has 0 aromatic rings. The lowest BCUT2D eigenvalue weighted by Crippen LogP contribution is -2.52. The molecule has 0 nitrogen and oxygen atoms in total. The summed E-state index contributed by atoms with van der Waals surface area (Å²) in [7, 11) is 0. The van der Waals surface area contributed by atoms with Crippen LogP contribution in [0.15, 0.2) is 0 Å². The molecule has 80 valence electrons. The summed E-state index contributed by atoms with van der Waals surface area (Å²) in [5, 5.41) is 0. The lowest BCUT2D eigenvalue weighted by Gasteiger charge is -2.30. The van der Waals surface area contributed by atoms with Crippen molar-refractivity contribution in [2.45, 2.75) is 44.5 Å². The Balaban J connectivity index is 4.81. The van der Waals surface area contributed by atoms with Gasteiger partial charge in [0.05, 0.1) is 0 Å². The molecule has 0 rings (SSSR count). The summed E-state index contributed by atoms with van der Waals surface area (Å²) >= 11 is 0. The molecule has 0 aliphatic carbocycles. The molecular weight excluding hydrogens is 198 g/mol. The van der Waals surface area contributed by atoms with E-state index in [1.165, 1.54) is 6.92 Å². The Morgan fingerprint density at radius 2 is 1.31 bits per heavy atom. The Kier molecular flexibility index (Phi) is 3.27. The molecule has 0 amide bonds. The summed E-state index contributed by atoms with van der Waals surface area (Å²) in [5.41, 5.74) is 0. The molecule has 6 heteroatoms. The number of hydrogen-bond acceptors (Lipinski definition) is 0. The highest BCUT2D eigenvalue weighted by Crippen LogP contribution is 2.47. The average molecular weight is 208 g/mol. The van der Waals surface area contributed by atoms with Gasteiger partial charge in [-0.25, -0.2) is 0 Å². The Labute approximate surface area is 71.9 Å². The van der Waals surface area contributed by atoms with Gasteiger partial charge in [-0.3, -0.25) is 0 Å². The minimum Gasteiger partial charge on any atom is -0.200 e. The van der Waals surface area contributed by atoms with Gasteiger partial charge in [0.2, 0.25) is 0 Å². The van der Waals surface area contributed by atoms with E-state index in [1.807, 2.05) is 0 Å². The third kappa shape index (κ3) is 2.28. The number of alkyl halides is 6. The van der Waals surface area contributed by atoms with Crippen LogP contribution >= 0.6 is 0 Å². The number of hydrogen-bond donors (Lipinski definition) is 0. The molecule has 0 N–H and O–H groups in total. The first-order valence-corrected chi connectivity index (χ1v) is 3.69. The lowest BCUT2D eigenvalue weighted by molar-refractivity contribution is -0.304. The first-order chi connectivity index (χ1) is 5.56. The summed E-state index contributed by atoms with van der Waals surface area (Å²) < 4.78 is 73.9. The average Bonchev–Trinajstić information content (AvgIpc) is 1.84. The van der Waals surface area contributed by atoms with Gasteiger partial charge in [0.15, 0.2) is 0 Å². The van der Waals surface area contributed by atoms with Crippen LogP contribution in [-0.4, -0.2) is 17.8 Å². The highest BCUT2D eigenvalue weighted by Gasteiger charge is 2.68. The molecule has 0 bridgehead atoms. The molecule has 0 fully saturated rings. The Bertz CT molecular complexity index is 168. The van der Waals surface area contributed by atoms with Crippen molar-refractivity contribution in [1.82, 2.24) is 0 Å². The quantitative estimate of drug-likeness (QED) is 0.618. The van der Waals surface area contributed by atoms with E-state index in [0.717, 1.165) is 0 Å². The molecule has 0 aliphatic heterocycles. The molecule has 0 aromatic heterocycles. The van der Waals surface area contributed by atoms with Gasteiger partial charge in [0, 0.05) is 13.3 Å². The fourth-order valence-corrected chi connectivity index (χ4v) is 0.792. The SMILES string of the molecule is CCCC(F)(F)C(F)(F)C(C)(F)F. The van der Waals surface area contributed by atoms with Crippen molar-refractivity contribution in [3.05, 3.63) is 0 Å². The van der Waals surface area contributed by atoms with Crippen molar-refractivity contribution in [2.24, 2.45) is 0 Å². The summed E-state index contributed by atoms with van der Waals surface area (Å²) in [6.07, 6.45) is -1.53. The summed E-state index contributed by atoms with van der Waals surface area (Å²) in [6, 6.07) is 0. The van der Waals surface area contributed by atoms with Crippen LogP contribution in [0.4, 0.5) is 26.3 Å². The molecule has 0 saturated carbocycles. The third-order valence-corrected chi connectivity index (χ3v) is 1.57. The third-order valence-electron chi connectivity index (χ3n) is 1.57. The van der Waals surface area contributed by atoms with E-state index in [1.54, 1.807) is 0 Å². The van der Waals surface area contributed by atoms with Crippen molar-refractivity contribution >= 4 is 0 Å². The second-order valence-electron chi connectivity index (χ2n) is 2.92. The van der Waals surface area contributed by atoms with Gasteiger partial charge in [0.25, 0.3) is 0 Å². The largest absolute Gasteiger partial charge is 0.371 e. The van der Waals surface area contributed by atoms with Crippen LogP contribution in [0.3, 0.4) is 0 Å². The minimum atomic E-state index is -5.28. The molecule has 0 aromatic carbocycles. The van der Waals surface area contributed by atoms with Crippen LogP contribution < -0.4 is 0 Å². The van der Waals surface area contributed by atoms with E-state index in [9.17, 15) is 26.3 Å². The minimum absolute atomic E-state index is 0.212. The van der Waals surface area contributed by atoms with Crippen molar-refractivity contribution < 1.29 is 26.3 Å². The topological polar surface area (TPSA) is 0 Å². The van der Waals surface area contributed by atoms with Gasteiger partial charge < -0.3 is 0 Å². The highest BCUT2D eigenvalue weighted by molar-refractivity contribution is 4.93. The Morgan fingerprint density at radius 1 is 0.923 bits per heavy atom. The predicted octanol–water partition coefficient (Wildman–Crippen LogP) is 3.71. The zero-order valence-electron chi connectivity index (χ0n) is 7.18. The zero-order valence-corrected chi connectivity index (χ0v) is 7.18. The smallest absolute Gasteiger partial charge is 0.200 e. The molecule has 13 heavy (non-hydrogen) atoms. The lowest BCUT2D eigenvalue weighted by atomic mass is 10.0. The summed E-state index contributed by atoms with van der Waals surface area (Å²) in [4.78, 5) is 0. The van der Waals surface area contributed by atoms with Crippen molar-refractivity contribution in [3.8, 4) is 0 Å². The van der Waals surface area contributed by atoms with Gasteiger partial charge in [-0.15, -0.1) is 0 Å². The van der Waals surface area contributed by atoms with Crippen molar-refractivity contribution in [1.29, 1.82) is 0 Å². The number of halogens is 6. The first-order valence-electron chi connectivity index (χ1n) is 3.69. The highest BCUT2D eigenvalue weighted by atomic mass is 19.3. The fraction of sp³-hybridized carbons (Fsp3) is 1.00. The summed E-state index contributed by atoms with van der Waals surface area (Å²) in [5.74, 6) is -14.6. The maximum Gasteiger partial charge on any atom is 0.371 e. The second kappa shape index (κ2) is 3.38. The molecule has 0 atom stereocenters. The number of rotatable bonds is 4. The van der Waals surface area contributed by atoms with E-state index >= 15 is 0 Å². The molecule has 0 saturated heterocycles. The van der Waals surface area contributed by atoms with E-state index in [-0.39, 0.29) is 13.3 Å². The van der Waals surface area contributed by atoms with E-state index in [0.29, 0.717) is 0 Å². The van der Waals surface area contributed by atoms with E-state index < -0.39 is 24.2 Å². The second-order valence-corrected chi connectivity index (χ2v) is 2.92. The van der Waals surface area contributed by atoms with Gasteiger partial charge >= 0.3 is 17.8 Å². The molecule has 0 radical (unpaired) electrons. The maximum absolute atomic E-state index is 12.5. The maximum atomic E-state index is 12.5. The van der Waals surface area contributed by atoms with Crippen LogP contribution in [-0.2, 0) is 0 Å². The molecule has 0 unspecified atom stereocenters. The Hall–Kier alpha value is -0.420. The molecule has 0 spiro atoms. The monoisotopic (exact) mass is 208 g/mol. The van der Waals surface area contributed by atoms with Gasteiger partial charge in [-0.1, -0.05) is 13.3 Å². The van der Waals surface area contributed by atoms with Crippen molar-refractivity contribution in [2.75, 3.05) is 0 Å². The van der Waals surface area contributed by atoms with Crippen LogP contribution in [0.1, 0.15) is 26.7 Å².